The molecule has 0 spiro atoms. The van der Waals surface area contributed by atoms with Crippen LogP contribution in [0.3, 0.4) is 0 Å². The summed E-state index contributed by atoms with van der Waals surface area (Å²) in [7, 11) is 1.61. The molecule has 0 atom stereocenters. The van der Waals surface area contributed by atoms with Gasteiger partial charge in [-0.3, -0.25) is 9.69 Å². The number of piperidine rings is 1. The molecule has 0 bridgehead atoms. The summed E-state index contributed by atoms with van der Waals surface area (Å²) in [5.74, 6) is 1.51. The van der Waals surface area contributed by atoms with Crippen LogP contribution in [0.2, 0.25) is 0 Å². The Bertz CT molecular complexity index is 1040. The first kappa shape index (κ1) is 21.9. The summed E-state index contributed by atoms with van der Waals surface area (Å²) in [5.41, 5.74) is 2.63. The van der Waals surface area contributed by atoms with Crippen molar-refractivity contribution in [2.45, 2.75) is 19.3 Å². The van der Waals surface area contributed by atoms with Gasteiger partial charge in [-0.15, -0.1) is 0 Å². The quantitative estimate of drug-likeness (QED) is 0.499. The largest absolute Gasteiger partial charge is 0.508 e. The lowest BCUT2D eigenvalue weighted by molar-refractivity contribution is 0.103. The molecule has 0 unspecified atom stereocenters. The van der Waals surface area contributed by atoms with Gasteiger partial charge in [0, 0.05) is 17.7 Å². The van der Waals surface area contributed by atoms with Gasteiger partial charge in [-0.25, -0.2) is 0 Å². The lowest BCUT2D eigenvalue weighted by atomic mass is 9.93. The zero-order valence-electron chi connectivity index (χ0n) is 18.4. The molecule has 0 aromatic heterocycles. The standard InChI is InChI=1S/C27H29NO4/c1-31-23-10-5-20(6-11-23)26-19-22(29)9-14-25(26)27(30)21-7-12-24(13-8-21)32-18-17-28-15-3-2-4-16-28/h5-14,19,29H,2-4,15-18H2,1H3. The number of phenols is 1. The highest BCUT2D eigenvalue weighted by Crippen LogP contribution is 2.31. The molecule has 5 nitrogen and oxygen atoms in total. The second kappa shape index (κ2) is 10.3. The van der Waals surface area contributed by atoms with Gasteiger partial charge in [0.15, 0.2) is 5.78 Å². The third-order valence-electron chi connectivity index (χ3n) is 5.89. The maximum atomic E-state index is 13.3. The van der Waals surface area contributed by atoms with Gasteiger partial charge in [0.2, 0.25) is 0 Å². The molecule has 1 saturated heterocycles. The SMILES string of the molecule is COc1ccc(-c2cc(O)ccc2C(=O)c2ccc(OCCN3CCCCC3)cc2)cc1. The van der Waals surface area contributed by atoms with Gasteiger partial charge in [0.05, 0.1) is 7.11 Å². The van der Waals surface area contributed by atoms with E-state index in [0.29, 0.717) is 23.3 Å². The van der Waals surface area contributed by atoms with Crippen molar-refractivity contribution in [3.8, 4) is 28.4 Å². The lowest BCUT2D eigenvalue weighted by Crippen LogP contribution is -2.33. The maximum absolute atomic E-state index is 13.3. The monoisotopic (exact) mass is 431 g/mol. The summed E-state index contributed by atoms with van der Waals surface area (Å²) in [6.07, 6.45) is 3.87. The van der Waals surface area contributed by atoms with Crippen LogP contribution in [0.5, 0.6) is 17.2 Å². The van der Waals surface area contributed by atoms with Crippen molar-refractivity contribution in [3.05, 3.63) is 77.9 Å². The Labute approximate surface area is 189 Å². The van der Waals surface area contributed by atoms with Crippen molar-refractivity contribution >= 4 is 5.78 Å². The molecule has 3 aromatic rings. The molecular formula is C27H29NO4. The van der Waals surface area contributed by atoms with Gasteiger partial charge < -0.3 is 14.6 Å². The van der Waals surface area contributed by atoms with Crippen LogP contribution in [0.4, 0.5) is 0 Å². The number of rotatable bonds is 8. The van der Waals surface area contributed by atoms with E-state index in [4.69, 9.17) is 9.47 Å². The molecule has 4 rings (SSSR count). The van der Waals surface area contributed by atoms with Crippen LogP contribution in [0.25, 0.3) is 11.1 Å². The summed E-state index contributed by atoms with van der Waals surface area (Å²) in [6, 6.07) is 19.5. The molecule has 3 aromatic carbocycles. The number of likely N-dealkylation sites (tertiary alicyclic amines) is 1. The van der Waals surface area contributed by atoms with Crippen LogP contribution >= 0.6 is 0 Å². The van der Waals surface area contributed by atoms with Gasteiger partial charge in [0.25, 0.3) is 0 Å². The number of ether oxygens (including phenoxy) is 2. The Morgan fingerprint density at radius 3 is 2.28 bits per heavy atom. The average Bonchev–Trinajstić information content (AvgIpc) is 2.85. The van der Waals surface area contributed by atoms with Crippen molar-refractivity contribution < 1.29 is 19.4 Å². The summed E-state index contributed by atoms with van der Waals surface area (Å²) in [4.78, 5) is 15.7. The minimum Gasteiger partial charge on any atom is -0.508 e. The van der Waals surface area contributed by atoms with Crippen LogP contribution in [-0.2, 0) is 0 Å². The molecule has 1 fully saturated rings. The number of phenolic OH excluding ortho intramolecular Hbond substituents is 1. The Morgan fingerprint density at radius 2 is 1.59 bits per heavy atom. The smallest absolute Gasteiger partial charge is 0.193 e. The number of carbonyl (C=O) groups excluding carboxylic acids is 1. The van der Waals surface area contributed by atoms with Gasteiger partial charge in [-0.1, -0.05) is 18.6 Å². The summed E-state index contributed by atoms with van der Waals surface area (Å²) in [6.45, 7) is 3.88. The van der Waals surface area contributed by atoms with E-state index in [1.165, 1.54) is 19.3 Å². The Morgan fingerprint density at radius 1 is 0.906 bits per heavy atom. The minimum absolute atomic E-state index is 0.101. The highest BCUT2D eigenvalue weighted by Gasteiger charge is 2.16. The third-order valence-corrected chi connectivity index (χ3v) is 5.89. The highest BCUT2D eigenvalue weighted by atomic mass is 16.5. The molecule has 5 heteroatoms. The molecule has 0 radical (unpaired) electrons. The predicted octanol–water partition coefficient (Wildman–Crippen LogP) is 5.16. The molecule has 1 N–H and O–H groups in total. The fraction of sp³-hybridized carbons (Fsp3) is 0.296. The van der Waals surface area contributed by atoms with E-state index >= 15 is 0 Å². The average molecular weight is 432 g/mol. The number of nitrogens with zero attached hydrogens (tertiary/aromatic N) is 1. The van der Waals surface area contributed by atoms with Gasteiger partial charge in [-0.05, 0) is 91.7 Å². The van der Waals surface area contributed by atoms with E-state index in [2.05, 4.69) is 4.90 Å². The van der Waals surface area contributed by atoms with Crippen molar-refractivity contribution in [3.63, 3.8) is 0 Å². The van der Waals surface area contributed by atoms with Crippen molar-refractivity contribution in [1.82, 2.24) is 4.90 Å². The second-order valence-electron chi connectivity index (χ2n) is 8.06. The normalized spacial score (nSPS) is 14.2. The van der Waals surface area contributed by atoms with Crippen LogP contribution in [-0.4, -0.2) is 49.1 Å². The molecule has 32 heavy (non-hydrogen) atoms. The molecule has 1 aliphatic rings. The maximum Gasteiger partial charge on any atom is 0.193 e. The van der Waals surface area contributed by atoms with Crippen molar-refractivity contribution in [2.75, 3.05) is 33.4 Å². The number of hydrogen-bond acceptors (Lipinski definition) is 5. The van der Waals surface area contributed by atoms with Crippen molar-refractivity contribution in [2.24, 2.45) is 0 Å². The predicted molar refractivity (Wildman–Crippen MR) is 126 cm³/mol. The van der Waals surface area contributed by atoms with Gasteiger partial charge >= 0.3 is 0 Å². The van der Waals surface area contributed by atoms with Gasteiger partial charge in [0.1, 0.15) is 23.9 Å². The Hall–Kier alpha value is -3.31. The highest BCUT2D eigenvalue weighted by molar-refractivity contribution is 6.13. The van der Waals surface area contributed by atoms with E-state index in [1.807, 2.05) is 36.4 Å². The summed E-state index contributed by atoms with van der Waals surface area (Å²) < 4.78 is 11.1. The number of hydrogen-bond donors (Lipinski definition) is 1. The van der Waals surface area contributed by atoms with E-state index in [1.54, 1.807) is 37.4 Å². The number of ketones is 1. The van der Waals surface area contributed by atoms with E-state index < -0.39 is 0 Å². The fourth-order valence-corrected chi connectivity index (χ4v) is 4.07. The first-order valence-corrected chi connectivity index (χ1v) is 11.1. The van der Waals surface area contributed by atoms with Gasteiger partial charge in [-0.2, -0.15) is 0 Å². The van der Waals surface area contributed by atoms with E-state index in [-0.39, 0.29) is 11.5 Å². The molecule has 1 heterocycles. The molecule has 166 valence electrons. The zero-order chi connectivity index (χ0) is 22.3. The van der Waals surface area contributed by atoms with Crippen LogP contribution in [0, 0.1) is 0 Å². The third kappa shape index (κ3) is 5.29. The molecule has 0 aliphatic carbocycles. The molecule has 0 saturated carbocycles. The summed E-state index contributed by atoms with van der Waals surface area (Å²) in [5, 5.41) is 10.0. The first-order valence-electron chi connectivity index (χ1n) is 11.1. The second-order valence-corrected chi connectivity index (χ2v) is 8.06. The minimum atomic E-state index is -0.101. The van der Waals surface area contributed by atoms with Crippen LogP contribution in [0.15, 0.2) is 66.7 Å². The van der Waals surface area contributed by atoms with E-state index in [0.717, 1.165) is 36.7 Å². The Balaban J connectivity index is 1.46. The lowest BCUT2D eigenvalue weighted by Gasteiger charge is -2.26. The van der Waals surface area contributed by atoms with Crippen LogP contribution in [0.1, 0.15) is 35.2 Å². The Kier molecular flexibility index (Phi) is 7.07. The number of methoxy groups -OCH3 is 1. The molecule has 0 amide bonds. The summed E-state index contributed by atoms with van der Waals surface area (Å²) >= 11 is 0. The molecular weight excluding hydrogens is 402 g/mol. The zero-order valence-corrected chi connectivity index (χ0v) is 18.4. The fourth-order valence-electron chi connectivity index (χ4n) is 4.07. The number of benzene rings is 3. The number of aromatic hydroxyl groups is 1. The number of carbonyl (C=O) groups is 1. The van der Waals surface area contributed by atoms with Crippen LogP contribution < -0.4 is 9.47 Å². The topological polar surface area (TPSA) is 59.0 Å². The van der Waals surface area contributed by atoms with E-state index in [9.17, 15) is 9.90 Å². The first-order chi connectivity index (χ1) is 15.6. The van der Waals surface area contributed by atoms with Crippen molar-refractivity contribution in [1.29, 1.82) is 0 Å². The molecule has 1 aliphatic heterocycles.